The fourth-order valence-electron chi connectivity index (χ4n) is 8.74. The maximum atomic E-state index is 6.77. The second kappa shape index (κ2) is 16.8. The summed E-state index contributed by atoms with van der Waals surface area (Å²) in [4.78, 5) is 5.00. The first-order chi connectivity index (χ1) is 30.0. The van der Waals surface area contributed by atoms with Crippen LogP contribution in [0.1, 0.15) is 103 Å². The minimum atomic E-state index is -0.234. The zero-order valence-electron chi connectivity index (χ0n) is 38.5. The zero-order valence-corrected chi connectivity index (χ0v) is 40.8. The van der Waals surface area contributed by atoms with Crippen LogP contribution >= 0.6 is 0 Å². The Kier molecular flexibility index (Phi) is 11.7. The van der Waals surface area contributed by atoms with Crippen LogP contribution in [-0.4, -0.2) is 14.1 Å². The van der Waals surface area contributed by atoms with Crippen LogP contribution in [0, 0.1) is 18.5 Å². The predicted molar refractivity (Wildman–Crippen MR) is 257 cm³/mol. The Balaban J connectivity index is 0.00000560. The van der Waals surface area contributed by atoms with Gasteiger partial charge in [0, 0.05) is 67.5 Å². The first-order valence-corrected chi connectivity index (χ1v) is 22.0. The topological polar surface area (TPSA) is 35.9 Å². The van der Waals surface area contributed by atoms with E-state index in [4.69, 9.17) is 9.72 Å². The van der Waals surface area contributed by atoms with Gasteiger partial charge in [0.2, 0.25) is 0 Å². The summed E-state index contributed by atoms with van der Waals surface area (Å²) < 4.78 is 13.1. The summed E-state index contributed by atoms with van der Waals surface area (Å²) >= 11 is 0. The molecule has 6 aromatic carbocycles. The predicted octanol–water partition coefficient (Wildman–Crippen LogP) is 13.7. The molecule has 0 aliphatic carbocycles. The van der Waals surface area contributed by atoms with E-state index < -0.39 is 0 Å². The molecule has 0 aliphatic heterocycles. The molecule has 0 spiro atoms. The third kappa shape index (κ3) is 8.39. The van der Waals surface area contributed by atoms with E-state index in [9.17, 15) is 0 Å². The van der Waals surface area contributed by atoms with Crippen molar-refractivity contribution in [2.75, 3.05) is 0 Å². The van der Waals surface area contributed by atoms with E-state index >= 15 is 0 Å². The molecule has 9 aromatic rings. The van der Waals surface area contributed by atoms with E-state index in [2.05, 4.69) is 224 Å². The van der Waals surface area contributed by atoms with E-state index in [0.717, 1.165) is 39.0 Å². The summed E-state index contributed by atoms with van der Waals surface area (Å²) in [6.45, 7) is 22.7. The van der Waals surface area contributed by atoms with Crippen LogP contribution in [0.5, 0.6) is 11.5 Å². The van der Waals surface area contributed by atoms with Gasteiger partial charge in [-0.3, -0.25) is 4.57 Å². The number of rotatable bonds is 9. The average Bonchev–Trinajstić information content (AvgIpc) is 3.90. The molecule has 0 bridgehead atoms. The first kappa shape index (κ1) is 44.6. The number of benzene rings is 6. The zero-order chi connectivity index (χ0) is 44.3. The standard InChI is InChI=1S/C58H56N4O.Pt/c1-55(2,3)43-32-44(58(9,10)41-22-15-12-16-23-41)34-46(33-43)61-31-30-60(39-61)45-24-19-25-47(36-45)63-48-37-50(56(4,5)6)54-49-26-17-18-27-51(49)62(52(54)38-48)53-35-42(28-29-59-53)57(7,8)40-20-13-11-14-21-40;/h11-35,37H,1-10H3;/q-2;. The van der Waals surface area contributed by atoms with Crippen molar-refractivity contribution < 1.29 is 30.4 Å². The van der Waals surface area contributed by atoms with Crippen LogP contribution in [-0.2, 0) is 42.7 Å². The second-order valence-electron chi connectivity index (χ2n) is 19.9. The van der Waals surface area contributed by atoms with Gasteiger partial charge in [-0.15, -0.1) is 29.8 Å². The van der Waals surface area contributed by atoms with Crippen LogP contribution in [0.3, 0.4) is 0 Å². The largest absolute Gasteiger partial charge is 0.510 e. The SMILES string of the molecule is CC(C)(C)c1cc(-[n+]2[c-]n(-c3[c-]c(Oc4[c-]c5c(c(C(C)(C)C)c4)c4ccccc4n5-c4cc(C(C)(C)c5ccccc5)ccn4)ccc3)cc2)cc(C(C)(C)c2ccccc2)c1.[Pt]. The van der Waals surface area contributed by atoms with Gasteiger partial charge in [0.15, 0.2) is 0 Å². The van der Waals surface area contributed by atoms with Gasteiger partial charge in [-0.05, 0) is 80.1 Å². The molecule has 0 N–H and O–H groups in total. The molecule has 0 fully saturated rings. The fraction of sp³-hybridized carbons (Fsp3) is 0.241. The summed E-state index contributed by atoms with van der Waals surface area (Å²) in [6.07, 6.45) is 9.59. The van der Waals surface area contributed by atoms with E-state index in [-0.39, 0.29) is 42.7 Å². The van der Waals surface area contributed by atoms with Gasteiger partial charge in [-0.1, -0.05) is 165 Å². The smallest absolute Gasteiger partial charge is 0.267 e. The number of fused-ring (bicyclic) bond motifs is 3. The molecule has 9 rings (SSSR count). The van der Waals surface area contributed by atoms with E-state index in [1.165, 1.54) is 33.4 Å². The van der Waals surface area contributed by atoms with Gasteiger partial charge in [0.25, 0.3) is 6.33 Å². The van der Waals surface area contributed by atoms with Gasteiger partial charge >= 0.3 is 0 Å². The molecule has 0 unspecified atom stereocenters. The molecule has 64 heavy (non-hydrogen) atoms. The number of hydrogen-bond donors (Lipinski definition) is 0. The number of hydrogen-bond acceptors (Lipinski definition) is 2. The number of aromatic nitrogens is 4. The van der Waals surface area contributed by atoms with E-state index in [1.807, 2.05) is 35.2 Å². The van der Waals surface area contributed by atoms with Crippen molar-refractivity contribution in [3.63, 3.8) is 0 Å². The molecule has 0 aliphatic rings. The van der Waals surface area contributed by atoms with Crippen LogP contribution in [0.2, 0.25) is 0 Å². The summed E-state index contributed by atoms with van der Waals surface area (Å²) in [5, 5.41) is 2.30. The molecule has 6 heteroatoms. The molecule has 0 atom stereocenters. The van der Waals surface area contributed by atoms with Gasteiger partial charge in [0.1, 0.15) is 5.82 Å². The van der Waals surface area contributed by atoms with Crippen molar-refractivity contribution in [2.24, 2.45) is 0 Å². The third-order valence-electron chi connectivity index (χ3n) is 12.8. The molecular weight excluding hydrogens is 964 g/mol. The van der Waals surface area contributed by atoms with Crippen LogP contribution in [0.15, 0.2) is 158 Å². The molecule has 326 valence electrons. The van der Waals surface area contributed by atoms with E-state index in [0.29, 0.717) is 11.5 Å². The maximum Gasteiger partial charge on any atom is 0.267 e. The number of imidazole rings is 1. The molecule has 3 heterocycles. The average molecular weight is 1020 g/mol. The summed E-state index contributed by atoms with van der Waals surface area (Å²) in [7, 11) is 0. The molecule has 0 saturated heterocycles. The number of nitrogens with zero attached hydrogens (tertiary/aromatic N) is 4. The summed E-state index contributed by atoms with van der Waals surface area (Å²) in [6, 6.07) is 56.7. The summed E-state index contributed by atoms with van der Waals surface area (Å²) in [5.41, 5.74) is 10.6. The molecular formula is C58H56N4OPt-2. The number of ether oxygens (including phenoxy) is 1. The van der Waals surface area contributed by atoms with Gasteiger partial charge in [-0.25, -0.2) is 4.98 Å². The second-order valence-corrected chi connectivity index (χ2v) is 19.9. The van der Waals surface area contributed by atoms with Crippen molar-refractivity contribution in [3.8, 4) is 28.7 Å². The van der Waals surface area contributed by atoms with Gasteiger partial charge < -0.3 is 13.9 Å². The minimum absolute atomic E-state index is 0. The number of para-hydroxylation sites is 1. The van der Waals surface area contributed by atoms with Gasteiger partial charge in [-0.2, -0.15) is 12.1 Å². The molecule has 3 aromatic heterocycles. The Morgan fingerprint density at radius 1 is 0.562 bits per heavy atom. The van der Waals surface area contributed by atoms with Crippen LogP contribution in [0.25, 0.3) is 39.0 Å². The summed E-state index contributed by atoms with van der Waals surface area (Å²) in [5.74, 6) is 2.04. The molecule has 0 amide bonds. The number of pyridine rings is 1. The van der Waals surface area contributed by atoms with E-state index in [1.54, 1.807) is 0 Å². The van der Waals surface area contributed by atoms with Crippen molar-refractivity contribution in [2.45, 2.75) is 90.9 Å². The van der Waals surface area contributed by atoms with Crippen molar-refractivity contribution in [1.82, 2.24) is 14.1 Å². The third-order valence-corrected chi connectivity index (χ3v) is 12.8. The Morgan fingerprint density at radius 3 is 1.88 bits per heavy atom. The normalized spacial score (nSPS) is 12.4. The molecule has 0 radical (unpaired) electrons. The van der Waals surface area contributed by atoms with Crippen molar-refractivity contribution in [3.05, 3.63) is 210 Å². The van der Waals surface area contributed by atoms with Crippen molar-refractivity contribution in [1.29, 1.82) is 0 Å². The van der Waals surface area contributed by atoms with Crippen molar-refractivity contribution >= 4 is 21.8 Å². The van der Waals surface area contributed by atoms with Crippen LogP contribution < -0.4 is 9.30 Å². The quantitative estimate of drug-likeness (QED) is 0.107. The minimum Gasteiger partial charge on any atom is -0.510 e. The van der Waals surface area contributed by atoms with Gasteiger partial charge in [0.05, 0.1) is 5.69 Å². The first-order valence-electron chi connectivity index (χ1n) is 22.0. The molecule has 0 saturated carbocycles. The van der Waals surface area contributed by atoms with Crippen LogP contribution in [0.4, 0.5) is 0 Å². The Morgan fingerprint density at radius 2 is 1.20 bits per heavy atom. The Hall–Kier alpha value is -6.03. The molecule has 5 nitrogen and oxygen atoms in total. The monoisotopic (exact) mass is 1020 g/mol. The maximum absolute atomic E-state index is 6.77. The Bertz CT molecular complexity index is 3110. The fourth-order valence-corrected chi connectivity index (χ4v) is 8.74. The Labute approximate surface area is 393 Å².